The molecule has 1 heterocycles. The molecule has 26 heavy (non-hydrogen) atoms. The highest BCUT2D eigenvalue weighted by Crippen LogP contribution is 2.52. The van der Waals surface area contributed by atoms with Gasteiger partial charge < -0.3 is 19.7 Å². The fourth-order valence-corrected chi connectivity index (χ4v) is 4.50. The van der Waals surface area contributed by atoms with Crippen LogP contribution in [0, 0.1) is 17.8 Å². The predicted octanol–water partition coefficient (Wildman–Crippen LogP) is 1.89. The van der Waals surface area contributed by atoms with Crippen molar-refractivity contribution in [1.82, 2.24) is 0 Å². The number of ether oxygens (including phenoxy) is 2. The molecule has 0 spiro atoms. The molecule has 0 aromatic rings. The van der Waals surface area contributed by atoms with E-state index >= 15 is 0 Å². The van der Waals surface area contributed by atoms with Gasteiger partial charge >= 0.3 is 11.9 Å². The van der Waals surface area contributed by atoms with Gasteiger partial charge in [-0.15, -0.1) is 0 Å². The highest BCUT2D eigenvalue weighted by Gasteiger charge is 2.60. The van der Waals surface area contributed by atoms with Gasteiger partial charge in [-0.3, -0.25) is 4.79 Å². The van der Waals surface area contributed by atoms with Gasteiger partial charge in [-0.05, 0) is 26.7 Å². The SMILES string of the molecule is C=C1C(=O)O[C@H]2[C@H]1[C@@H](OC(=O)C(C)CC)CC(C)=C1C[C@H](O)[C@@](C)(O)[C@@H]12. The van der Waals surface area contributed by atoms with E-state index in [-0.39, 0.29) is 17.5 Å². The minimum atomic E-state index is -1.42. The fourth-order valence-electron chi connectivity index (χ4n) is 4.50. The van der Waals surface area contributed by atoms with Gasteiger partial charge in [0.15, 0.2) is 0 Å². The number of fused-ring (bicyclic) bond motifs is 3. The van der Waals surface area contributed by atoms with Gasteiger partial charge in [-0.2, -0.15) is 0 Å². The quantitative estimate of drug-likeness (QED) is 0.451. The first-order chi connectivity index (χ1) is 12.1. The molecule has 1 unspecified atom stereocenters. The molecule has 2 aliphatic carbocycles. The average molecular weight is 364 g/mol. The lowest BCUT2D eigenvalue weighted by Gasteiger charge is -2.35. The summed E-state index contributed by atoms with van der Waals surface area (Å²) < 4.78 is 11.3. The highest BCUT2D eigenvalue weighted by atomic mass is 16.6. The lowest BCUT2D eigenvalue weighted by atomic mass is 9.78. The van der Waals surface area contributed by atoms with Crippen LogP contribution in [0.4, 0.5) is 0 Å². The largest absolute Gasteiger partial charge is 0.461 e. The van der Waals surface area contributed by atoms with E-state index in [0.717, 1.165) is 11.1 Å². The molecule has 6 heteroatoms. The van der Waals surface area contributed by atoms with Crippen molar-refractivity contribution in [2.75, 3.05) is 0 Å². The molecule has 2 fully saturated rings. The molecule has 6 nitrogen and oxygen atoms in total. The van der Waals surface area contributed by atoms with Crippen LogP contribution in [-0.2, 0) is 19.1 Å². The van der Waals surface area contributed by atoms with E-state index in [4.69, 9.17) is 9.47 Å². The van der Waals surface area contributed by atoms with Crippen LogP contribution in [0.3, 0.4) is 0 Å². The minimum Gasteiger partial charge on any atom is -0.461 e. The lowest BCUT2D eigenvalue weighted by molar-refractivity contribution is -0.160. The molecule has 3 aliphatic rings. The third-order valence-electron chi connectivity index (χ3n) is 6.42. The topological polar surface area (TPSA) is 93.1 Å². The number of carbonyl (C=O) groups is 2. The Bertz CT molecular complexity index is 676. The summed E-state index contributed by atoms with van der Waals surface area (Å²) in [5, 5.41) is 21.2. The Kier molecular flexibility index (Phi) is 4.78. The summed E-state index contributed by atoms with van der Waals surface area (Å²) in [5.41, 5.74) is 0.706. The van der Waals surface area contributed by atoms with Crippen LogP contribution in [-0.4, -0.2) is 46.1 Å². The van der Waals surface area contributed by atoms with E-state index < -0.39 is 41.7 Å². The van der Waals surface area contributed by atoms with Gasteiger partial charge in [0.1, 0.15) is 12.2 Å². The summed E-state index contributed by atoms with van der Waals surface area (Å²) in [6.45, 7) is 11.1. The Hall–Kier alpha value is -1.66. The molecule has 7 atom stereocenters. The van der Waals surface area contributed by atoms with E-state index in [9.17, 15) is 19.8 Å². The van der Waals surface area contributed by atoms with Crippen molar-refractivity contribution in [2.24, 2.45) is 17.8 Å². The summed E-state index contributed by atoms with van der Waals surface area (Å²) in [4.78, 5) is 24.6. The van der Waals surface area contributed by atoms with E-state index in [1.807, 2.05) is 20.8 Å². The second-order valence-electron chi connectivity index (χ2n) is 8.14. The average Bonchev–Trinajstić information content (AvgIpc) is 2.94. The number of esters is 2. The summed E-state index contributed by atoms with van der Waals surface area (Å²) >= 11 is 0. The van der Waals surface area contributed by atoms with E-state index in [2.05, 4.69) is 6.58 Å². The number of rotatable bonds is 3. The number of hydrogen-bond donors (Lipinski definition) is 2. The van der Waals surface area contributed by atoms with Crippen molar-refractivity contribution in [3.63, 3.8) is 0 Å². The Morgan fingerprint density at radius 2 is 2.12 bits per heavy atom. The predicted molar refractivity (Wildman–Crippen MR) is 93.9 cm³/mol. The smallest absolute Gasteiger partial charge is 0.334 e. The monoisotopic (exact) mass is 364 g/mol. The van der Waals surface area contributed by atoms with Crippen LogP contribution >= 0.6 is 0 Å². The maximum absolute atomic E-state index is 12.4. The maximum Gasteiger partial charge on any atom is 0.334 e. The van der Waals surface area contributed by atoms with E-state index in [1.54, 1.807) is 6.92 Å². The second kappa shape index (κ2) is 6.50. The van der Waals surface area contributed by atoms with Crippen molar-refractivity contribution < 1.29 is 29.3 Å². The van der Waals surface area contributed by atoms with Crippen LogP contribution in [0.25, 0.3) is 0 Å². The van der Waals surface area contributed by atoms with Crippen molar-refractivity contribution >= 4 is 11.9 Å². The van der Waals surface area contributed by atoms with Gasteiger partial charge in [0.25, 0.3) is 0 Å². The van der Waals surface area contributed by atoms with E-state index in [0.29, 0.717) is 19.3 Å². The Labute approximate surface area is 153 Å². The zero-order valence-corrected chi connectivity index (χ0v) is 15.8. The molecule has 2 N–H and O–H groups in total. The van der Waals surface area contributed by atoms with Gasteiger partial charge in [-0.1, -0.05) is 31.6 Å². The van der Waals surface area contributed by atoms with Gasteiger partial charge in [0.05, 0.1) is 23.5 Å². The van der Waals surface area contributed by atoms with Crippen molar-refractivity contribution in [2.45, 2.75) is 70.9 Å². The molecule has 1 aliphatic heterocycles. The van der Waals surface area contributed by atoms with Crippen molar-refractivity contribution in [1.29, 1.82) is 0 Å². The van der Waals surface area contributed by atoms with E-state index in [1.165, 1.54) is 0 Å². The number of carbonyl (C=O) groups excluding carboxylic acids is 2. The van der Waals surface area contributed by atoms with Gasteiger partial charge in [-0.25, -0.2) is 4.79 Å². The second-order valence-corrected chi connectivity index (χ2v) is 8.14. The van der Waals surface area contributed by atoms with Gasteiger partial charge in [0, 0.05) is 17.9 Å². The third kappa shape index (κ3) is 2.79. The number of aliphatic hydroxyl groups is 2. The standard InChI is InChI=1S/C20H28O6/c1-6-9(2)18(22)25-13-7-10(3)12-8-14(21)20(5,24)16(12)17-15(13)11(4)19(23)26-17/h9,13-17,21,24H,4,6-8H2,1-3,5H3/t9?,13-,14-,15+,16-,17-,20+/m0/s1. The molecule has 0 aromatic heterocycles. The van der Waals surface area contributed by atoms with Crippen LogP contribution < -0.4 is 0 Å². The summed E-state index contributed by atoms with van der Waals surface area (Å²) in [7, 11) is 0. The molecule has 0 aromatic carbocycles. The zero-order chi connectivity index (χ0) is 19.4. The normalized spacial score (nSPS) is 40.6. The van der Waals surface area contributed by atoms with Crippen molar-refractivity contribution in [3.8, 4) is 0 Å². The minimum absolute atomic E-state index is 0.236. The zero-order valence-electron chi connectivity index (χ0n) is 15.8. The molecule has 1 saturated heterocycles. The Morgan fingerprint density at radius 1 is 1.46 bits per heavy atom. The summed E-state index contributed by atoms with van der Waals surface area (Å²) in [5.74, 6) is -2.12. The third-order valence-corrected chi connectivity index (χ3v) is 6.42. The molecule has 144 valence electrons. The number of hydrogen-bond acceptors (Lipinski definition) is 6. The summed E-state index contributed by atoms with van der Waals surface area (Å²) in [6, 6.07) is 0. The Balaban J connectivity index is 2.02. The molecule has 0 radical (unpaired) electrons. The summed E-state index contributed by atoms with van der Waals surface area (Å²) in [6.07, 6.45) is -0.753. The molecular formula is C20H28O6. The first kappa shape index (κ1) is 19.1. The van der Waals surface area contributed by atoms with Crippen LogP contribution in [0.5, 0.6) is 0 Å². The molecule has 0 amide bonds. The molecule has 3 rings (SSSR count). The first-order valence-corrected chi connectivity index (χ1v) is 9.28. The first-order valence-electron chi connectivity index (χ1n) is 9.28. The van der Waals surface area contributed by atoms with Crippen LogP contribution in [0.1, 0.15) is 47.0 Å². The lowest BCUT2D eigenvalue weighted by Crippen LogP contribution is -2.48. The molecule has 1 saturated carbocycles. The van der Waals surface area contributed by atoms with Crippen molar-refractivity contribution in [3.05, 3.63) is 23.3 Å². The highest BCUT2D eigenvalue weighted by molar-refractivity contribution is 5.91. The number of aliphatic hydroxyl groups excluding tert-OH is 1. The maximum atomic E-state index is 12.4. The van der Waals surface area contributed by atoms with Crippen LogP contribution in [0.2, 0.25) is 0 Å². The van der Waals surface area contributed by atoms with Gasteiger partial charge in [0.2, 0.25) is 0 Å². The molecule has 0 bridgehead atoms. The fraction of sp³-hybridized carbons (Fsp3) is 0.700. The molecular weight excluding hydrogens is 336 g/mol. The Morgan fingerprint density at radius 3 is 2.73 bits per heavy atom. The van der Waals surface area contributed by atoms with Crippen LogP contribution in [0.15, 0.2) is 23.3 Å².